The number of nitrogens with zero attached hydrogens (tertiary/aromatic N) is 2. The third-order valence-electron chi connectivity index (χ3n) is 3.26. The zero-order valence-corrected chi connectivity index (χ0v) is 14.4. The number of hydrogen-bond acceptors (Lipinski definition) is 7. The number of nitrogens with two attached hydrogens (primary N) is 1. The molecule has 0 saturated carbocycles. The number of amides is 3. The van der Waals surface area contributed by atoms with Gasteiger partial charge in [0.15, 0.2) is 5.81 Å². The summed E-state index contributed by atoms with van der Waals surface area (Å²) in [6.07, 6.45) is 2.44. The average Bonchev–Trinajstić information content (AvgIpc) is 3.00. The number of primary amides is 1. The van der Waals surface area contributed by atoms with Crippen LogP contribution in [0.5, 0.6) is 0 Å². The fraction of sp³-hybridized carbons (Fsp3) is 0.462. The molecule has 0 aromatic carbocycles. The van der Waals surface area contributed by atoms with Crippen LogP contribution in [0.25, 0.3) is 0 Å². The fourth-order valence-corrected chi connectivity index (χ4v) is 2.04. The molecule has 1 heterocycles. The molecule has 2 unspecified atom stereocenters. The van der Waals surface area contributed by atoms with E-state index >= 15 is 0 Å². The minimum absolute atomic E-state index is 0.0575. The van der Waals surface area contributed by atoms with Crippen LogP contribution >= 0.6 is 0 Å². The molecule has 0 aliphatic carbocycles. The Balaban J connectivity index is 2.86. The molecule has 0 spiro atoms. The van der Waals surface area contributed by atoms with Gasteiger partial charge in [0.25, 0.3) is 0 Å². The van der Waals surface area contributed by atoms with E-state index in [1.54, 1.807) is 0 Å². The lowest BCUT2D eigenvalue weighted by molar-refractivity contribution is -0.130. The Morgan fingerprint density at radius 1 is 1.38 bits per heavy atom. The third kappa shape index (κ3) is 7.07. The van der Waals surface area contributed by atoms with Crippen molar-refractivity contribution >= 4 is 38.4 Å². The predicted molar refractivity (Wildman–Crippen MR) is 93.0 cm³/mol. The molecule has 1 rings (SSSR count). The van der Waals surface area contributed by atoms with Crippen molar-refractivity contribution in [3.63, 3.8) is 0 Å². The monoisotopic (exact) mass is 362 g/mol. The highest BCUT2D eigenvalue weighted by Crippen LogP contribution is 2.02. The maximum absolute atomic E-state index is 12.2. The Morgan fingerprint density at radius 2 is 2.04 bits per heavy atom. The van der Waals surface area contributed by atoms with Gasteiger partial charge in [-0.3, -0.25) is 23.7 Å². The van der Waals surface area contributed by atoms with E-state index in [2.05, 4.69) is 20.8 Å². The number of nitrogens with one attached hydrogen (secondary N) is 3. The zero-order chi connectivity index (χ0) is 19.9. The van der Waals surface area contributed by atoms with Gasteiger partial charge in [-0.2, -0.15) is 0 Å². The molecule has 1 aromatic heterocycles. The van der Waals surface area contributed by atoms with Crippen LogP contribution in [-0.4, -0.2) is 71.6 Å². The second-order valence-electron chi connectivity index (χ2n) is 5.62. The number of aromatic nitrogens is 2. The molecule has 2 atom stereocenters. The Bertz CT molecular complexity index is 680. The predicted octanol–water partition coefficient (Wildman–Crippen LogP) is -3.26. The van der Waals surface area contributed by atoms with E-state index < -0.39 is 49.2 Å². The molecule has 0 aliphatic heterocycles. The maximum Gasteiger partial charge on any atom is 0.374 e. The molecule has 13 heteroatoms. The van der Waals surface area contributed by atoms with Crippen molar-refractivity contribution in [2.45, 2.75) is 32.3 Å². The summed E-state index contributed by atoms with van der Waals surface area (Å²) in [5, 5.41) is 16.6. The summed E-state index contributed by atoms with van der Waals surface area (Å²) in [6, 6.07) is -1.87. The fourth-order valence-electron chi connectivity index (χ4n) is 2.04. The first-order chi connectivity index (χ1) is 12.1. The van der Waals surface area contributed by atoms with Gasteiger partial charge in [0.05, 0.1) is 18.3 Å². The Kier molecular flexibility index (Phi) is 8.00. The van der Waals surface area contributed by atoms with E-state index in [-0.39, 0.29) is 6.42 Å². The quantitative estimate of drug-likeness (QED) is 0.287. The molecule has 0 aliphatic rings. The lowest BCUT2D eigenvalue weighted by atomic mass is 9.87. The molecule has 138 valence electrons. The van der Waals surface area contributed by atoms with Crippen LogP contribution in [0.2, 0.25) is 6.82 Å². The Labute approximate surface area is 151 Å². The van der Waals surface area contributed by atoms with Crippen molar-refractivity contribution < 1.29 is 24.2 Å². The van der Waals surface area contributed by atoms with Crippen LogP contribution < -0.4 is 21.6 Å². The highest BCUT2D eigenvalue weighted by Gasteiger charge is 2.25. The van der Waals surface area contributed by atoms with E-state index in [1.165, 1.54) is 26.3 Å². The largest absolute Gasteiger partial charge is 0.437 e. The van der Waals surface area contributed by atoms with Gasteiger partial charge in [-0.15, -0.1) is 0 Å². The van der Waals surface area contributed by atoms with Crippen molar-refractivity contribution in [3.8, 4) is 0 Å². The lowest BCUT2D eigenvalue weighted by Gasteiger charge is -2.20. The summed E-state index contributed by atoms with van der Waals surface area (Å²) in [5.41, 5.74) is 5.31. The third-order valence-corrected chi connectivity index (χ3v) is 3.26. The summed E-state index contributed by atoms with van der Waals surface area (Å²) >= 11 is 0. The number of carbonyl (C=O) groups excluding carboxylic acids is 4. The van der Waals surface area contributed by atoms with Gasteiger partial charge < -0.3 is 26.6 Å². The first kappa shape index (κ1) is 21.4. The topological polar surface area (TPSA) is 168 Å². The van der Waals surface area contributed by atoms with Crippen LogP contribution in [0.3, 0.4) is 0 Å². The van der Waals surface area contributed by atoms with Crippen LogP contribution in [0.15, 0.2) is 12.5 Å². The van der Waals surface area contributed by atoms with Gasteiger partial charge in [0.2, 0.25) is 25.6 Å². The Hall–Kier alpha value is -2.66. The van der Waals surface area contributed by atoms with Gasteiger partial charge in [-0.05, 0) is 13.7 Å². The summed E-state index contributed by atoms with van der Waals surface area (Å²) in [6.45, 7) is 2.54. The zero-order valence-electron chi connectivity index (χ0n) is 14.4. The van der Waals surface area contributed by atoms with E-state index in [4.69, 9.17) is 13.6 Å². The van der Waals surface area contributed by atoms with E-state index in [0.29, 0.717) is 5.69 Å². The first-order valence-corrected chi connectivity index (χ1v) is 7.73. The first-order valence-electron chi connectivity index (χ1n) is 7.73. The molecule has 26 heavy (non-hydrogen) atoms. The molecule has 2 radical (unpaired) electrons. The van der Waals surface area contributed by atoms with Gasteiger partial charge in [-0.1, -0.05) is 0 Å². The standard InChI is InChI=1S/C13H20B2N6O5/c1-7(20-15(2)26)11(23)19-9(12(24)17-4-10(16)22)3-8-5-21(6-18-8)13(14)25/h5-7,9,20,26H,3-4H2,1-2H3,(H2,16,22)(H,17,24)(H,19,23). The van der Waals surface area contributed by atoms with E-state index in [0.717, 1.165) is 4.57 Å². The molecule has 1 aromatic rings. The number of imidazole rings is 1. The van der Waals surface area contributed by atoms with Gasteiger partial charge >= 0.3 is 7.05 Å². The van der Waals surface area contributed by atoms with Crippen molar-refractivity contribution in [3.05, 3.63) is 18.2 Å². The minimum atomic E-state index is -1.09. The second kappa shape index (κ2) is 9.73. The highest BCUT2D eigenvalue weighted by atomic mass is 16.2. The van der Waals surface area contributed by atoms with Crippen molar-refractivity contribution in [1.82, 2.24) is 25.4 Å². The molecule has 3 amide bonds. The molecule has 0 fully saturated rings. The SMILES string of the molecule is [B]C(=O)n1cnc(CC(NC(=O)C(C)NB(C)O)C(=O)NCC(N)=O)c1. The van der Waals surface area contributed by atoms with Crippen LogP contribution in [0.4, 0.5) is 4.79 Å². The summed E-state index contributed by atoms with van der Waals surface area (Å²) in [5.74, 6) is -2.71. The minimum Gasteiger partial charge on any atom is -0.437 e. The smallest absolute Gasteiger partial charge is 0.374 e. The molecule has 11 nitrogen and oxygen atoms in total. The van der Waals surface area contributed by atoms with Gasteiger partial charge in [-0.25, -0.2) is 4.98 Å². The number of hydrogen-bond donors (Lipinski definition) is 5. The molecule has 6 N–H and O–H groups in total. The highest BCUT2D eigenvalue weighted by molar-refractivity contribution is 6.57. The second-order valence-corrected chi connectivity index (χ2v) is 5.62. The van der Waals surface area contributed by atoms with Gasteiger partial charge in [0.1, 0.15) is 12.4 Å². The number of rotatable bonds is 9. The van der Waals surface area contributed by atoms with Crippen molar-refractivity contribution in [2.75, 3.05) is 6.54 Å². The van der Waals surface area contributed by atoms with Crippen LogP contribution in [0, 0.1) is 0 Å². The Morgan fingerprint density at radius 3 is 2.54 bits per heavy atom. The number of carbonyl (C=O) groups is 4. The van der Waals surface area contributed by atoms with Crippen molar-refractivity contribution in [1.29, 1.82) is 0 Å². The van der Waals surface area contributed by atoms with Crippen molar-refractivity contribution in [2.24, 2.45) is 5.73 Å². The van der Waals surface area contributed by atoms with Crippen LogP contribution in [0.1, 0.15) is 12.6 Å². The average molecular weight is 362 g/mol. The van der Waals surface area contributed by atoms with E-state index in [1.807, 2.05) is 0 Å². The lowest BCUT2D eigenvalue weighted by Crippen LogP contribution is -2.55. The van der Waals surface area contributed by atoms with Gasteiger partial charge in [0, 0.05) is 12.6 Å². The molecule has 0 saturated heterocycles. The molecular weight excluding hydrogens is 342 g/mol. The normalized spacial score (nSPS) is 12.7. The van der Waals surface area contributed by atoms with Crippen LogP contribution in [-0.2, 0) is 20.8 Å². The maximum atomic E-state index is 12.2. The summed E-state index contributed by atoms with van der Waals surface area (Å²) < 4.78 is 1.02. The summed E-state index contributed by atoms with van der Waals surface area (Å²) in [7, 11) is 4.19. The molecule has 0 bridgehead atoms. The van der Waals surface area contributed by atoms with E-state index in [9.17, 15) is 24.2 Å². The molecular formula is C13H20B2N6O5. The summed E-state index contributed by atoms with van der Waals surface area (Å²) in [4.78, 5) is 50.3.